The second-order valence-electron chi connectivity index (χ2n) is 6.78. The first-order chi connectivity index (χ1) is 15.5. The minimum atomic E-state index is -0.866. The van der Waals surface area contributed by atoms with Gasteiger partial charge >= 0.3 is 12.0 Å². The van der Waals surface area contributed by atoms with Crippen LogP contribution in [0.2, 0.25) is 0 Å². The van der Waals surface area contributed by atoms with E-state index in [-0.39, 0.29) is 12.5 Å². The highest BCUT2D eigenvalue weighted by molar-refractivity contribution is 7.73. The van der Waals surface area contributed by atoms with Crippen LogP contribution in [0.4, 0.5) is 16.3 Å². The van der Waals surface area contributed by atoms with Gasteiger partial charge in [-0.25, -0.2) is 9.78 Å². The monoisotopic (exact) mass is 470 g/mol. The lowest BCUT2D eigenvalue weighted by Gasteiger charge is -2.22. The average molecular weight is 471 g/mol. The molecule has 0 radical (unpaired) electrons. The van der Waals surface area contributed by atoms with Crippen LogP contribution in [-0.2, 0) is 4.79 Å². The third kappa shape index (κ3) is 5.12. The van der Waals surface area contributed by atoms with E-state index in [0.29, 0.717) is 45.5 Å². The SMILES string of the molecule is O=C(O)CCCCN(C(=O)Nc1ccc(-c2nn[nH]n2)cc1)c1ccc2[nH]c(=S)sc2n1. The van der Waals surface area contributed by atoms with Crippen molar-refractivity contribution in [2.45, 2.75) is 19.3 Å². The minimum Gasteiger partial charge on any atom is -0.481 e. The normalized spacial score (nSPS) is 10.9. The fourth-order valence-corrected chi connectivity index (χ4v) is 4.07. The molecule has 4 aromatic rings. The largest absolute Gasteiger partial charge is 0.481 e. The first kappa shape index (κ1) is 21.5. The molecular weight excluding hydrogens is 452 g/mol. The van der Waals surface area contributed by atoms with Gasteiger partial charge < -0.3 is 15.4 Å². The molecule has 0 atom stereocenters. The molecule has 0 fully saturated rings. The Morgan fingerprint density at radius 1 is 1.16 bits per heavy atom. The smallest absolute Gasteiger partial charge is 0.327 e. The maximum Gasteiger partial charge on any atom is 0.327 e. The number of urea groups is 1. The Morgan fingerprint density at radius 2 is 1.97 bits per heavy atom. The summed E-state index contributed by atoms with van der Waals surface area (Å²) in [6, 6.07) is 10.2. The molecule has 11 nitrogen and oxygen atoms in total. The highest BCUT2D eigenvalue weighted by Crippen LogP contribution is 2.23. The van der Waals surface area contributed by atoms with E-state index in [1.165, 1.54) is 16.2 Å². The van der Waals surface area contributed by atoms with Crippen LogP contribution >= 0.6 is 23.6 Å². The fraction of sp³-hybridized carbons (Fsp3) is 0.211. The predicted molar refractivity (Wildman–Crippen MR) is 122 cm³/mol. The minimum absolute atomic E-state index is 0.0403. The molecular formula is C19H18N8O3S2. The van der Waals surface area contributed by atoms with Gasteiger partial charge in [0.15, 0.2) is 3.95 Å². The quantitative estimate of drug-likeness (QED) is 0.224. The number of amides is 2. The number of H-pyrrole nitrogens is 2. The zero-order valence-electron chi connectivity index (χ0n) is 16.6. The molecule has 32 heavy (non-hydrogen) atoms. The number of hydrogen-bond acceptors (Lipinski definition) is 8. The summed E-state index contributed by atoms with van der Waals surface area (Å²) in [5.74, 6) is 0.0441. The Bertz CT molecular complexity index is 1280. The van der Waals surface area contributed by atoms with Crippen LogP contribution < -0.4 is 10.2 Å². The Balaban J connectivity index is 1.52. The Kier molecular flexibility index (Phi) is 6.47. The zero-order chi connectivity index (χ0) is 22.5. The van der Waals surface area contributed by atoms with Crippen LogP contribution in [0, 0.1) is 3.95 Å². The summed E-state index contributed by atoms with van der Waals surface area (Å²) in [6.45, 7) is 0.314. The van der Waals surface area contributed by atoms with E-state index < -0.39 is 5.97 Å². The van der Waals surface area contributed by atoms with Crippen LogP contribution in [0.25, 0.3) is 21.7 Å². The summed E-state index contributed by atoms with van der Waals surface area (Å²) in [5, 5.41) is 25.5. The number of anilines is 2. The maximum atomic E-state index is 13.1. The molecule has 0 saturated carbocycles. The Hall–Kier alpha value is -3.71. The first-order valence-electron chi connectivity index (χ1n) is 9.63. The number of hydrogen-bond donors (Lipinski definition) is 4. The molecule has 4 N–H and O–H groups in total. The van der Waals surface area contributed by atoms with Gasteiger partial charge in [0, 0.05) is 24.2 Å². The molecule has 1 aromatic carbocycles. The number of fused-ring (bicyclic) bond motifs is 1. The number of aromatic nitrogens is 6. The van der Waals surface area contributed by atoms with E-state index in [0.717, 1.165) is 11.1 Å². The van der Waals surface area contributed by atoms with Crippen molar-refractivity contribution < 1.29 is 14.7 Å². The van der Waals surface area contributed by atoms with Crippen LogP contribution in [0.15, 0.2) is 36.4 Å². The number of tetrazole rings is 1. The number of carboxylic acid groups (broad SMARTS) is 1. The van der Waals surface area contributed by atoms with Crippen molar-refractivity contribution in [1.29, 1.82) is 0 Å². The number of carboxylic acids is 1. The predicted octanol–water partition coefficient (Wildman–Crippen LogP) is 3.83. The molecule has 3 aromatic heterocycles. The molecule has 13 heteroatoms. The summed E-state index contributed by atoms with van der Waals surface area (Å²) >= 11 is 6.49. The number of nitrogens with one attached hydrogen (secondary N) is 3. The highest BCUT2D eigenvalue weighted by atomic mass is 32.1. The molecule has 164 valence electrons. The van der Waals surface area contributed by atoms with Gasteiger partial charge in [-0.1, -0.05) is 11.3 Å². The molecule has 0 bridgehead atoms. The summed E-state index contributed by atoms with van der Waals surface area (Å²) < 4.78 is 0.601. The number of unbranched alkanes of at least 4 members (excludes halogenated alkanes) is 1. The highest BCUT2D eigenvalue weighted by Gasteiger charge is 2.18. The number of aliphatic carboxylic acids is 1. The lowest BCUT2D eigenvalue weighted by Crippen LogP contribution is -2.36. The molecule has 3 heterocycles. The van der Waals surface area contributed by atoms with Crippen molar-refractivity contribution in [2.24, 2.45) is 0 Å². The fourth-order valence-electron chi connectivity index (χ4n) is 3.02. The molecule has 0 aliphatic rings. The average Bonchev–Trinajstić information content (AvgIpc) is 3.42. The van der Waals surface area contributed by atoms with Gasteiger partial charge in [-0.2, -0.15) is 5.21 Å². The van der Waals surface area contributed by atoms with Gasteiger partial charge in [0.25, 0.3) is 0 Å². The standard InChI is InChI=1S/C19H18N8O3S2/c28-15(29)3-1-2-10-27(14-9-8-13-17(22-14)32-19(31)21-13)18(30)20-12-6-4-11(5-7-12)16-23-25-26-24-16/h4-9H,1-3,10H2,(H,20,30)(H,21,31)(H,28,29)(H,23,24,25,26). The number of rotatable bonds is 8. The van der Waals surface area contributed by atoms with E-state index in [1.54, 1.807) is 30.3 Å². The van der Waals surface area contributed by atoms with Gasteiger partial charge in [0.05, 0.1) is 5.52 Å². The summed E-state index contributed by atoms with van der Waals surface area (Å²) in [4.78, 5) is 33.7. The van der Waals surface area contributed by atoms with Crippen molar-refractivity contribution >= 4 is 57.4 Å². The van der Waals surface area contributed by atoms with Crippen molar-refractivity contribution in [2.75, 3.05) is 16.8 Å². The van der Waals surface area contributed by atoms with Gasteiger partial charge in [0.2, 0.25) is 5.82 Å². The number of benzene rings is 1. The number of carbonyl (C=O) groups is 2. The molecule has 0 spiro atoms. The van der Waals surface area contributed by atoms with Gasteiger partial charge in [0.1, 0.15) is 10.6 Å². The van der Waals surface area contributed by atoms with Crippen LogP contribution in [0.3, 0.4) is 0 Å². The molecule has 4 rings (SSSR count). The third-order valence-corrected chi connectivity index (χ3v) is 5.70. The van der Waals surface area contributed by atoms with E-state index >= 15 is 0 Å². The van der Waals surface area contributed by atoms with Crippen molar-refractivity contribution in [1.82, 2.24) is 30.6 Å². The lowest BCUT2D eigenvalue weighted by molar-refractivity contribution is -0.137. The van der Waals surface area contributed by atoms with E-state index in [1.807, 2.05) is 6.07 Å². The molecule has 2 amide bonds. The molecule has 0 aliphatic heterocycles. The van der Waals surface area contributed by atoms with Gasteiger partial charge in [-0.05, 0) is 66.7 Å². The number of pyridine rings is 1. The second-order valence-corrected chi connectivity index (χ2v) is 8.45. The lowest BCUT2D eigenvalue weighted by atomic mass is 10.2. The van der Waals surface area contributed by atoms with Crippen molar-refractivity contribution in [3.8, 4) is 11.4 Å². The zero-order valence-corrected chi connectivity index (χ0v) is 18.2. The Morgan fingerprint density at radius 3 is 2.69 bits per heavy atom. The maximum absolute atomic E-state index is 13.1. The van der Waals surface area contributed by atoms with Crippen LogP contribution in [0.1, 0.15) is 19.3 Å². The van der Waals surface area contributed by atoms with E-state index in [9.17, 15) is 9.59 Å². The van der Waals surface area contributed by atoms with Crippen LogP contribution in [0.5, 0.6) is 0 Å². The molecule has 0 aliphatic carbocycles. The first-order valence-corrected chi connectivity index (χ1v) is 10.9. The number of nitrogens with zero attached hydrogens (tertiary/aromatic N) is 5. The Labute approximate surface area is 190 Å². The summed E-state index contributed by atoms with van der Waals surface area (Å²) in [5.41, 5.74) is 2.13. The van der Waals surface area contributed by atoms with E-state index in [4.69, 9.17) is 17.3 Å². The number of carbonyl (C=O) groups excluding carboxylic acids is 1. The second kappa shape index (κ2) is 9.62. The third-order valence-electron chi connectivity index (χ3n) is 4.56. The summed E-state index contributed by atoms with van der Waals surface area (Å²) in [6.07, 6.45) is 1.00. The van der Waals surface area contributed by atoms with Gasteiger partial charge in [-0.15, -0.1) is 10.2 Å². The molecule has 0 saturated heterocycles. The van der Waals surface area contributed by atoms with Crippen molar-refractivity contribution in [3.63, 3.8) is 0 Å². The van der Waals surface area contributed by atoms with Crippen LogP contribution in [-0.4, -0.2) is 54.2 Å². The number of thiazole rings is 1. The topological polar surface area (TPSA) is 153 Å². The number of aromatic amines is 2. The molecule has 0 unspecified atom stereocenters. The van der Waals surface area contributed by atoms with Gasteiger partial charge in [-0.3, -0.25) is 9.69 Å². The van der Waals surface area contributed by atoms with E-state index in [2.05, 4.69) is 35.9 Å². The summed E-state index contributed by atoms with van der Waals surface area (Å²) in [7, 11) is 0. The van der Waals surface area contributed by atoms with Crippen molar-refractivity contribution in [3.05, 3.63) is 40.4 Å².